The van der Waals surface area contributed by atoms with Gasteiger partial charge >= 0.3 is 79.1 Å². The number of carboxylic acid groups (broad SMARTS) is 4. The molecule has 0 aliphatic heterocycles. The Morgan fingerprint density at radius 1 is 0.960 bits per heavy atom. The molecule has 132 valence electrons. The minimum atomic E-state index is -2.47. The minimum absolute atomic E-state index is 0. The molecule has 0 amide bonds. The standard InChI is InChI=1S/C5H8NO7P.C4H7NO4.2Na/c7-4(8)1-6(2-5(9)10)3-14(12)13-11;6-3(7)1-5-2-4(8)9;;/h1-3H2,(H2-,7,8,9,10,11);5H,1-2H2,(H,6,7)(H,8,9);;/q;;2*+1/p-1. The Bertz CT molecular complexity index is 421. The Hall–Kier alpha value is -0.180. The van der Waals surface area contributed by atoms with Gasteiger partial charge in [-0.1, -0.05) is 0 Å². The summed E-state index contributed by atoms with van der Waals surface area (Å²) >= 11 is 0. The molecule has 0 bridgehead atoms. The van der Waals surface area contributed by atoms with E-state index in [4.69, 9.17) is 15.5 Å². The molecule has 16 heteroatoms. The second kappa shape index (κ2) is 20.1. The molecule has 1 atom stereocenters. The van der Waals surface area contributed by atoms with E-state index in [9.17, 15) is 34.0 Å². The van der Waals surface area contributed by atoms with Crippen LogP contribution in [0.2, 0.25) is 0 Å². The van der Waals surface area contributed by atoms with Gasteiger partial charge in [-0.25, -0.2) is 10.2 Å². The topological polar surface area (TPSA) is 217 Å². The second-order valence-corrected chi connectivity index (χ2v) is 4.79. The van der Waals surface area contributed by atoms with Crippen LogP contribution in [0.15, 0.2) is 0 Å². The van der Waals surface area contributed by atoms with Crippen LogP contribution in [-0.2, 0) is 28.4 Å². The Labute approximate surface area is 186 Å². The molecule has 0 aliphatic rings. The maximum absolute atomic E-state index is 10.6. The van der Waals surface area contributed by atoms with E-state index in [0.29, 0.717) is 0 Å². The molecule has 0 saturated heterocycles. The normalized spacial score (nSPS) is 9.60. The first-order valence-electron chi connectivity index (χ1n) is 5.61. The van der Waals surface area contributed by atoms with Gasteiger partial charge in [0.05, 0.1) is 11.9 Å². The summed E-state index contributed by atoms with van der Waals surface area (Å²) in [5.74, 6) is -5.19. The fourth-order valence-corrected chi connectivity index (χ4v) is 1.57. The summed E-state index contributed by atoms with van der Waals surface area (Å²) in [4.78, 5) is 40.5. The van der Waals surface area contributed by atoms with Crippen molar-refractivity contribution in [1.82, 2.24) is 10.2 Å². The van der Waals surface area contributed by atoms with Crippen molar-refractivity contribution in [1.29, 1.82) is 0 Å². The average molecular weight is 403 g/mol. The van der Waals surface area contributed by atoms with Crippen molar-refractivity contribution < 1.29 is 113 Å². The molecular formula is C9H14N2Na2O11P+. The predicted molar refractivity (Wildman–Crippen MR) is 65.9 cm³/mol. The van der Waals surface area contributed by atoms with Gasteiger partial charge in [-0.2, -0.15) is 0 Å². The van der Waals surface area contributed by atoms with E-state index in [2.05, 4.69) is 9.99 Å². The summed E-state index contributed by atoms with van der Waals surface area (Å²) in [6.07, 6.45) is -0.454. The van der Waals surface area contributed by atoms with Crippen LogP contribution in [0.5, 0.6) is 0 Å². The molecule has 0 rings (SSSR count). The number of aliphatic carboxylic acids is 4. The number of nitrogens with zero attached hydrogens (tertiary/aromatic N) is 1. The van der Waals surface area contributed by atoms with Crippen LogP contribution in [0, 0.1) is 0 Å². The zero-order valence-corrected chi connectivity index (χ0v) is 18.4. The van der Waals surface area contributed by atoms with E-state index in [1.165, 1.54) is 0 Å². The summed E-state index contributed by atoms with van der Waals surface area (Å²) in [7, 11) is -2.47. The van der Waals surface area contributed by atoms with E-state index in [-0.39, 0.29) is 59.1 Å². The van der Waals surface area contributed by atoms with Crippen LogP contribution in [0.4, 0.5) is 0 Å². The number of carboxylic acids is 4. The molecule has 4 N–H and O–H groups in total. The van der Waals surface area contributed by atoms with Gasteiger partial charge < -0.3 is 35.3 Å². The molecule has 13 nitrogen and oxygen atoms in total. The molecule has 0 radical (unpaired) electrons. The van der Waals surface area contributed by atoms with E-state index in [1.54, 1.807) is 0 Å². The van der Waals surface area contributed by atoms with Crippen LogP contribution >= 0.6 is 8.03 Å². The van der Waals surface area contributed by atoms with E-state index in [1.807, 2.05) is 0 Å². The van der Waals surface area contributed by atoms with Crippen molar-refractivity contribution in [3.05, 3.63) is 0 Å². The van der Waals surface area contributed by atoms with Gasteiger partial charge in [0.2, 0.25) is 6.29 Å². The first-order chi connectivity index (χ1) is 10.6. The van der Waals surface area contributed by atoms with Gasteiger partial charge in [-0.3, -0.25) is 9.59 Å². The van der Waals surface area contributed by atoms with Crippen LogP contribution in [0.3, 0.4) is 0 Å². The fourth-order valence-electron chi connectivity index (χ4n) is 0.994. The Morgan fingerprint density at radius 2 is 1.32 bits per heavy atom. The number of rotatable bonds is 11. The Kier molecular flexibility index (Phi) is 26.2. The number of carbonyl (C=O) groups excluding carboxylic acids is 2. The summed E-state index contributed by atoms with van der Waals surface area (Å²) < 4.78 is 14.1. The fraction of sp³-hybridized carbons (Fsp3) is 0.556. The molecule has 0 aromatic rings. The molecule has 0 aromatic carbocycles. The van der Waals surface area contributed by atoms with Crippen molar-refractivity contribution in [3.63, 3.8) is 0 Å². The Morgan fingerprint density at radius 3 is 1.56 bits per heavy atom. The number of hydrogen-bond acceptors (Lipinski definition) is 11. The molecule has 0 spiro atoms. The molecular weight excluding hydrogens is 389 g/mol. The number of nitrogens with one attached hydrogen (secondary N) is 1. The third-order valence-corrected chi connectivity index (χ3v) is 2.48. The third-order valence-electron chi connectivity index (χ3n) is 1.66. The molecule has 1 unspecified atom stereocenters. The van der Waals surface area contributed by atoms with Gasteiger partial charge in [0.25, 0.3) is 0 Å². The number of hydrogen-bond donors (Lipinski definition) is 4. The van der Waals surface area contributed by atoms with Gasteiger partial charge in [-0.15, -0.1) is 0 Å². The molecule has 0 aromatic heterocycles. The summed E-state index contributed by atoms with van der Waals surface area (Å²) in [6.45, 7) is -2.10. The van der Waals surface area contributed by atoms with Crippen molar-refractivity contribution in [3.8, 4) is 0 Å². The average Bonchev–Trinajstić information content (AvgIpc) is 2.36. The Balaban J connectivity index is -0.000000177. The summed E-state index contributed by atoms with van der Waals surface area (Å²) in [6, 6.07) is 0. The van der Waals surface area contributed by atoms with Gasteiger partial charge in [0, 0.05) is 17.8 Å². The van der Waals surface area contributed by atoms with E-state index < -0.39 is 64.4 Å². The second-order valence-electron chi connectivity index (χ2n) is 3.68. The maximum atomic E-state index is 10.6. The van der Waals surface area contributed by atoms with Crippen molar-refractivity contribution in [2.24, 2.45) is 0 Å². The van der Waals surface area contributed by atoms with E-state index >= 15 is 0 Å². The first kappa shape index (κ1) is 32.5. The smallest absolute Gasteiger partial charge is 0.549 e. The zero-order valence-electron chi connectivity index (χ0n) is 13.5. The molecule has 0 fully saturated rings. The van der Waals surface area contributed by atoms with Crippen molar-refractivity contribution in [2.45, 2.75) is 0 Å². The van der Waals surface area contributed by atoms with Crippen LogP contribution in [0.25, 0.3) is 0 Å². The van der Waals surface area contributed by atoms with Gasteiger partial charge in [0.1, 0.15) is 13.1 Å². The predicted octanol–water partition coefficient (Wildman–Crippen LogP) is -10.3. The maximum Gasteiger partial charge on any atom is 1.00 e. The minimum Gasteiger partial charge on any atom is -0.549 e. The third kappa shape index (κ3) is 28.9. The summed E-state index contributed by atoms with van der Waals surface area (Å²) in [5.41, 5.74) is 0. The van der Waals surface area contributed by atoms with Crippen LogP contribution in [-0.4, -0.2) is 76.7 Å². The quantitative estimate of drug-likeness (QED) is 0.109. The first-order valence-corrected chi connectivity index (χ1v) is 6.97. The number of carbonyl (C=O) groups is 4. The van der Waals surface area contributed by atoms with E-state index in [0.717, 1.165) is 4.90 Å². The zero-order chi connectivity index (χ0) is 18.4. The molecule has 0 saturated carbocycles. The molecule has 0 heterocycles. The monoisotopic (exact) mass is 403 g/mol. The summed E-state index contributed by atoms with van der Waals surface area (Å²) in [5, 5.41) is 45.9. The van der Waals surface area contributed by atoms with Crippen molar-refractivity contribution >= 4 is 31.9 Å². The van der Waals surface area contributed by atoms with Crippen molar-refractivity contribution in [2.75, 3.05) is 32.5 Å². The van der Waals surface area contributed by atoms with Crippen LogP contribution in [0.1, 0.15) is 0 Å². The SMILES string of the molecule is O=C(O)CN(CC(=O)O)C[P+](=O)OO.O=C([O-])CNCC(=O)[O-].[Na+].[Na+]. The van der Waals surface area contributed by atoms with Gasteiger partial charge in [-0.05, 0) is 4.57 Å². The van der Waals surface area contributed by atoms with Crippen LogP contribution < -0.4 is 74.6 Å². The largest absolute Gasteiger partial charge is 1.00 e. The molecule has 25 heavy (non-hydrogen) atoms. The van der Waals surface area contributed by atoms with Gasteiger partial charge in [0.15, 0.2) is 0 Å². The molecule has 0 aliphatic carbocycles.